The molecular weight excluding hydrogens is 294 g/mol. The van der Waals surface area contributed by atoms with Crippen LogP contribution in [0.15, 0.2) is 12.2 Å². The zero-order chi connectivity index (χ0) is 16.5. The molecule has 3 heteroatoms. The highest BCUT2D eigenvalue weighted by molar-refractivity contribution is 5.18. The molecule has 2 aliphatic carbocycles. The largest absolute Gasteiger partial charge is 0.345 e. The lowest BCUT2D eigenvalue weighted by Crippen LogP contribution is -2.23. The van der Waals surface area contributed by atoms with E-state index in [-0.39, 0.29) is 6.10 Å². The molecule has 0 aromatic heterocycles. The van der Waals surface area contributed by atoms with E-state index in [9.17, 15) is 8.78 Å². The van der Waals surface area contributed by atoms with E-state index >= 15 is 0 Å². The summed E-state index contributed by atoms with van der Waals surface area (Å²) >= 11 is 0. The van der Waals surface area contributed by atoms with E-state index in [0.29, 0.717) is 24.7 Å². The third-order valence-electron chi connectivity index (χ3n) is 5.30. The number of halogens is 2. The lowest BCUT2D eigenvalue weighted by Gasteiger charge is -2.26. The highest BCUT2D eigenvalue weighted by atomic mass is 19.3. The smallest absolute Gasteiger partial charge is 0.320 e. The lowest BCUT2D eigenvalue weighted by atomic mass is 9.80. The van der Waals surface area contributed by atoms with Gasteiger partial charge in [0.2, 0.25) is 0 Å². The van der Waals surface area contributed by atoms with Gasteiger partial charge < -0.3 is 4.74 Å². The van der Waals surface area contributed by atoms with Gasteiger partial charge in [-0.1, -0.05) is 37.7 Å². The molecule has 0 N–H and O–H groups in total. The number of hydrogen-bond donors (Lipinski definition) is 0. The monoisotopic (exact) mass is 324 g/mol. The Morgan fingerprint density at radius 2 is 1.74 bits per heavy atom. The van der Waals surface area contributed by atoms with Crippen molar-refractivity contribution < 1.29 is 13.5 Å². The van der Waals surface area contributed by atoms with Gasteiger partial charge in [-0.15, -0.1) is 0 Å². The predicted octanol–water partition coefficient (Wildman–Crippen LogP) is 5.95. The Kier molecular flexibility index (Phi) is 8.09. The van der Waals surface area contributed by atoms with E-state index in [0.717, 1.165) is 18.8 Å². The van der Waals surface area contributed by atoms with Crippen molar-refractivity contribution in [3.63, 3.8) is 0 Å². The molecule has 1 nitrogen and oxygen atoms in total. The average molecular weight is 324 g/mol. The first kappa shape index (κ1) is 18.5. The van der Waals surface area contributed by atoms with Crippen molar-refractivity contribution in [2.45, 2.75) is 83.8 Å². The number of hydrogen-bond acceptors (Lipinski definition) is 1. The summed E-state index contributed by atoms with van der Waals surface area (Å²) in [4.78, 5) is 0. The molecule has 0 atom stereocenters. The predicted molar refractivity (Wildman–Crippen MR) is 90.1 cm³/mol. The highest BCUT2D eigenvalue weighted by Gasteiger charge is 2.23. The molecule has 2 saturated carbocycles. The van der Waals surface area contributed by atoms with Crippen molar-refractivity contribution in [2.24, 2.45) is 17.8 Å². The lowest BCUT2D eigenvalue weighted by molar-refractivity contribution is -0.170. The highest BCUT2D eigenvalue weighted by Crippen LogP contribution is 2.32. The van der Waals surface area contributed by atoms with Crippen LogP contribution in [0.4, 0.5) is 8.78 Å². The maximum absolute atomic E-state index is 12.1. The van der Waals surface area contributed by atoms with Gasteiger partial charge >= 0.3 is 6.61 Å². The summed E-state index contributed by atoms with van der Waals surface area (Å²) in [6.45, 7) is -0.368. The molecule has 0 spiro atoms. The van der Waals surface area contributed by atoms with Crippen molar-refractivity contribution in [3.05, 3.63) is 12.2 Å². The Hall–Kier alpha value is -0.880. The second-order valence-electron chi connectivity index (χ2n) is 7.09. The maximum atomic E-state index is 12.1. The number of ether oxygens (including phenoxy) is 1. The molecule has 2 rings (SSSR count). The first-order valence-electron chi connectivity index (χ1n) is 9.28. The molecule has 0 aliphatic heterocycles. The fraction of sp³-hybridized carbons (Fsp3) is 0.800. The fourth-order valence-corrected chi connectivity index (χ4v) is 3.92. The molecule has 0 saturated heterocycles. The Morgan fingerprint density at radius 3 is 2.35 bits per heavy atom. The third kappa shape index (κ3) is 7.04. The molecule has 2 aliphatic rings. The molecule has 23 heavy (non-hydrogen) atoms. The average Bonchev–Trinajstić information content (AvgIpc) is 2.54. The second kappa shape index (κ2) is 10.1. The minimum atomic E-state index is -2.64. The van der Waals surface area contributed by atoms with Crippen LogP contribution in [-0.4, -0.2) is 12.7 Å². The van der Waals surface area contributed by atoms with Crippen LogP contribution in [0.3, 0.4) is 0 Å². The van der Waals surface area contributed by atoms with E-state index in [1.165, 1.54) is 38.5 Å². The summed E-state index contributed by atoms with van der Waals surface area (Å²) in [6.07, 6.45) is 15.2. The number of alkyl halides is 2. The van der Waals surface area contributed by atoms with Gasteiger partial charge in [0.15, 0.2) is 0 Å². The number of rotatable bonds is 5. The molecule has 0 heterocycles. The van der Waals surface area contributed by atoms with Crippen LogP contribution in [0.2, 0.25) is 0 Å². The quantitative estimate of drug-likeness (QED) is 0.568. The summed E-state index contributed by atoms with van der Waals surface area (Å²) in [5.74, 6) is 8.45. The molecule has 0 bridgehead atoms. The van der Waals surface area contributed by atoms with Crippen LogP contribution >= 0.6 is 0 Å². The summed E-state index contributed by atoms with van der Waals surface area (Å²) in [7, 11) is 0. The molecule has 0 aromatic rings. The Labute approximate surface area is 139 Å². The molecule has 0 unspecified atom stereocenters. The zero-order valence-corrected chi connectivity index (χ0v) is 14.3. The van der Waals surface area contributed by atoms with Gasteiger partial charge in [0, 0.05) is 5.92 Å². The van der Waals surface area contributed by atoms with E-state index < -0.39 is 6.61 Å². The van der Waals surface area contributed by atoms with E-state index in [1.54, 1.807) is 0 Å². The van der Waals surface area contributed by atoms with E-state index in [4.69, 9.17) is 0 Å². The van der Waals surface area contributed by atoms with Gasteiger partial charge in [-0.3, -0.25) is 0 Å². The molecule has 2 fully saturated rings. The van der Waals surface area contributed by atoms with Crippen LogP contribution in [0, 0.1) is 29.6 Å². The summed E-state index contributed by atoms with van der Waals surface area (Å²) in [5.41, 5.74) is 0. The van der Waals surface area contributed by atoms with Gasteiger partial charge in [0.25, 0.3) is 0 Å². The summed E-state index contributed by atoms with van der Waals surface area (Å²) < 4.78 is 28.9. The summed E-state index contributed by atoms with van der Waals surface area (Å²) in [6, 6.07) is 0. The molecule has 0 amide bonds. The Morgan fingerprint density at radius 1 is 1.04 bits per heavy atom. The van der Waals surface area contributed by atoms with E-state index in [2.05, 4.69) is 29.6 Å². The van der Waals surface area contributed by atoms with Gasteiger partial charge in [0.05, 0.1) is 6.10 Å². The molecule has 130 valence electrons. The van der Waals surface area contributed by atoms with Crippen molar-refractivity contribution >= 4 is 0 Å². The fourth-order valence-electron chi connectivity index (χ4n) is 3.92. The Balaban J connectivity index is 1.64. The Bertz CT molecular complexity index is 405. The minimum absolute atomic E-state index is 0.276. The first-order chi connectivity index (χ1) is 11.2. The van der Waals surface area contributed by atoms with Gasteiger partial charge in [0.1, 0.15) is 0 Å². The molecule has 0 radical (unpaired) electrons. The van der Waals surface area contributed by atoms with Gasteiger partial charge in [-0.25, -0.2) is 0 Å². The maximum Gasteiger partial charge on any atom is 0.345 e. The summed E-state index contributed by atoms with van der Waals surface area (Å²) in [5, 5.41) is 0. The van der Waals surface area contributed by atoms with Crippen LogP contribution in [0.5, 0.6) is 0 Å². The van der Waals surface area contributed by atoms with Crippen LogP contribution in [-0.2, 0) is 4.74 Å². The van der Waals surface area contributed by atoms with Crippen molar-refractivity contribution in [3.8, 4) is 11.8 Å². The van der Waals surface area contributed by atoms with Crippen LogP contribution in [0.1, 0.15) is 71.1 Å². The molecule has 0 aromatic carbocycles. The van der Waals surface area contributed by atoms with Crippen molar-refractivity contribution in [2.75, 3.05) is 0 Å². The second-order valence-corrected chi connectivity index (χ2v) is 7.09. The number of allylic oxidation sites excluding steroid dienone is 2. The normalized spacial score (nSPS) is 32.0. The standard InChI is InChI=1S/C20H30F2O/c1-2-5-16-8-10-17(11-9-16)6-3-4-7-18-12-14-19(15-13-18)23-20(21)22/h3,6,16-20H,2,5,8-15H2,1H3. The third-order valence-corrected chi connectivity index (χ3v) is 5.30. The zero-order valence-electron chi connectivity index (χ0n) is 14.3. The van der Waals surface area contributed by atoms with Crippen molar-refractivity contribution in [1.82, 2.24) is 0 Å². The van der Waals surface area contributed by atoms with Gasteiger partial charge in [-0.2, -0.15) is 8.78 Å². The molecular formula is C20H30F2O. The minimum Gasteiger partial charge on any atom is -0.320 e. The van der Waals surface area contributed by atoms with E-state index in [1.807, 2.05) is 6.08 Å². The van der Waals surface area contributed by atoms with Crippen LogP contribution in [0.25, 0.3) is 0 Å². The van der Waals surface area contributed by atoms with Crippen LogP contribution < -0.4 is 0 Å². The van der Waals surface area contributed by atoms with Gasteiger partial charge in [-0.05, 0) is 69.3 Å². The first-order valence-corrected chi connectivity index (χ1v) is 9.28. The topological polar surface area (TPSA) is 9.23 Å². The SMILES string of the molecule is CCCC1CCC(C=CC#CC2CCC(OC(F)F)CC2)CC1. The van der Waals surface area contributed by atoms with Crippen molar-refractivity contribution in [1.29, 1.82) is 0 Å².